The standard InChI is InChI=1S/C22H26N2O8S2/c25-21(31-15-13-23-33(27,28)17-19-7-3-1-4-8-19)11-12-22(26)32-16-14-24-34(29,30)18-20-9-5-2-6-10-20/h1-12,23-24H,13-18H2/b12-11+. The van der Waals surface area contributed by atoms with E-state index in [1.807, 2.05) is 0 Å². The summed E-state index contributed by atoms with van der Waals surface area (Å²) < 4.78 is 62.1. The first kappa shape index (κ1) is 27.2. The highest BCUT2D eigenvalue weighted by molar-refractivity contribution is 7.88. The van der Waals surface area contributed by atoms with Crippen molar-refractivity contribution in [2.75, 3.05) is 26.3 Å². The minimum atomic E-state index is -3.58. The predicted octanol–water partition coefficient (Wildman–Crippen LogP) is 0.868. The molecule has 0 unspecified atom stereocenters. The first-order valence-electron chi connectivity index (χ1n) is 10.2. The molecule has 2 aromatic carbocycles. The van der Waals surface area contributed by atoms with Crippen molar-refractivity contribution in [1.82, 2.24) is 9.44 Å². The number of hydrogen-bond acceptors (Lipinski definition) is 8. The Labute approximate surface area is 199 Å². The van der Waals surface area contributed by atoms with Crippen LogP contribution in [0.15, 0.2) is 72.8 Å². The van der Waals surface area contributed by atoms with Crippen LogP contribution < -0.4 is 9.44 Å². The Balaban J connectivity index is 1.59. The SMILES string of the molecule is O=C(/C=C/C(=O)OCCNS(=O)(=O)Cc1ccccc1)OCCNS(=O)(=O)Cc1ccccc1. The molecule has 0 radical (unpaired) electrons. The molecule has 0 saturated heterocycles. The molecular formula is C22H26N2O8S2. The third-order valence-electron chi connectivity index (χ3n) is 4.09. The number of carbonyl (C=O) groups is 2. The lowest BCUT2D eigenvalue weighted by molar-refractivity contribution is -0.140. The van der Waals surface area contributed by atoms with Crippen molar-refractivity contribution in [2.24, 2.45) is 0 Å². The van der Waals surface area contributed by atoms with Crippen molar-refractivity contribution >= 4 is 32.0 Å². The van der Waals surface area contributed by atoms with E-state index in [1.54, 1.807) is 60.7 Å². The second-order valence-electron chi connectivity index (χ2n) is 6.95. The minimum Gasteiger partial charge on any atom is -0.461 e. The second kappa shape index (κ2) is 13.6. The summed E-state index contributed by atoms with van der Waals surface area (Å²) in [7, 11) is -7.16. The Kier molecular flexibility index (Phi) is 10.9. The van der Waals surface area contributed by atoms with E-state index in [2.05, 4.69) is 9.44 Å². The van der Waals surface area contributed by atoms with Crippen LogP contribution in [0.5, 0.6) is 0 Å². The van der Waals surface area contributed by atoms with Crippen LogP contribution in [0.3, 0.4) is 0 Å². The summed E-state index contributed by atoms with van der Waals surface area (Å²) in [6.07, 6.45) is 1.67. The van der Waals surface area contributed by atoms with Gasteiger partial charge in [0.05, 0.1) is 11.5 Å². The van der Waals surface area contributed by atoms with Gasteiger partial charge >= 0.3 is 11.9 Å². The van der Waals surface area contributed by atoms with E-state index in [0.717, 1.165) is 12.2 Å². The van der Waals surface area contributed by atoms with Crippen molar-refractivity contribution in [2.45, 2.75) is 11.5 Å². The molecule has 0 fully saturated rings. The Bertz CT molecular complexity index is 1070. The van der Waals surface area contributed by atoms with Gasteiger partial charge in [0.1, 0.15) is 13.2 Å². The fraction of sp³-hybridized carbons (Fsp3) is 0.273. The van der Waals surface area contributed by atoms with Gasteiger partial charge < -0.3 is 9.47 Å². The molecule has 2 N–H and O–H groups in total. The molecule has 0 aliphatic heterocycles. The fourth-order valence-corrected chi connectivity index (χ4v) is 4.87. The van der Waals surface area contributed by atoms with Crippen molar-refractivity contribution in [3.63, 3.8) is 0 Å². The lowest BCUT2D eigenvalue weighted by Gasteiger charge is -2.07. The number of ether oxygens (including phenoxy) is 2. The maximum absolute atomic E-state index is 12.0. The van der Waals surface area contributed by atoms with Crippen molar-refractivity contribution in [3.8, 4) is 0 Å². The molecule has 0 heterocycles. The van der Waals surface area contributed by atoms with Crippen LogP contribution in [-0.2, 0) is 50.6 Å². The number of hydrogen-bond donors (Lipinski definition) is 2. The van der Waals surface area contributed by atoms with E-state index in [0.29, 0.717) is 11.1 Å². The lowest BCUT2D eigenvalue weighted by atomic mass is 10.2. The average molecular weight is 511 g/mol. The van der Waals surface area contributed by atoms with Gasteiger partial charge in [-0.25, -0.2) is 35.9 Å². The zero-order chi connectivity index (χ0) is 24.9. The summed E-state index contributed by atoms with van der Waals surface area (Å²) in [5.74, 6) is -2.11. The Morgan fingerprint density at radius 3 is 1.35 bits per heavy atom. The van der Waals surface area contributed by atoms with E-state index >= 15 is 0 Å². The highest BCUT2D eigenvalue weighted by Gasteiger charge is 2.12. The maximum atomic E-state index is 12.0. The average Bonchev–Trinajstić information content (AvgIpc) is 2.79. The number of benzene rings is 2. The van der Waals surface area contributed by atoms with Crippen LogP contribution in [-0.4, -0.2) is 55.1 Å². The monoisotopic (exact) mass is 510 g/mol. The van der Waals surface area contributed by atoms with Gasteiger partial charge in [0.15, 0.2) is 0 Å². The van der Waals surface area contributed by atoms with Crippen LogP contribution >= 0.6 is 0 Å². The summed E-state index contributed by atoms with van der Waals surface area (Å²) in [6.45, 7) is -0.699. The first-order chi connectivity index (χ1) is 16.2. The number of esters is 2. The summed E-state index contributed by atoms with van der Waals surface area (Å²) in [5, 5.41) is 0. The molecular weight excluding hydrogens is 484 g/mol. The van der Waals surface area contributed by atoms with Crippen molar-refractivity contribution < 1.29 is 35.9 Å². The van der Waals surface area contributed by atoms with E-state index in [1.165, 1.54) is 0 Å². The normalized spacial score (nSPS) is 11.9. The summed E-state index contributed by atoms with van der Waals surface area (Å²) in [5.41, 5.74) is 1.25. The summed E-state index contributed by atoms with van der Waals surface area (Å²) >= 11 is 0. The van der Waals surface area contributed by atoms with Crippen LogP contribution in [0, 0.1) is 0 Å². The third kappa shape index (κ3) is 11.7. The van der Waals surface area contributed by atoms with Crippen molar-refractivity contribution in [3.05, 3.63) is 83.9 Å². The molecule has 34 heavy (non-hydrogen) atoms. The van der Waals surface area contributed by atoms with Crippen LogP contribution in [0.2, 0.25) is 0 Å². The minimum absolute atomic E-state index is 0.123. The van der Waals surface area contributed by atoms with Gasteiger partial charge in [0, 0.05) is 25.2 Å². The van der Waals surface area contributed by atoms with Gasteiger partial charge in [0.25, 0.3) is 0 Å². The van der Waals surface area contributed by atoms with Gasteiger partial charge in [-0.1, -0.05) is 60.7 Å². The highest BCUT2D eigenvalue weighted by atomic mass is 32.2. The first-order valence-corrected chi connectivity index (χ1v) is 13.5. The molecule has 0 saturated carbocycles. The number of sulfonamides is 2. The van der Waals surface area contributed by atoms with Crippen LogP contribution in [0.25, 0.3) is 0 Å². The quantitative estimate of drug-likeness (QED) is 0.216. The molecule has 0 aromatic heterocycles. The molecule has 0 bridgehead atoms. The molecule has 0 atom stereocenters. The molecule has 0 spiro atoms. The molecule has 184 valence electrons. The molecule has 0 amide bonds. The molecule has 10 nitrogen and oxygen atoms in total. The lowest BCUT2D eigenvalue weighted by Crippen LogP contribution is -2.29. The van der Waals surface area contributed by atoms with Gasteiger partial charge in [-0.2, -0.15) is 0 Å². The smallest absolute Gasteiger partial charge is 0.331 e. The molecule has 2 aromatic rings. The zero-order valence-electron chi connectivity index (χ0n) is 18.3. The molecule has 12 heteroatoms. The third-order valence-corrected chi connectivity index (χ3v) is 6.81. The zero-order valence-corrected chi connectivity index (χ0v) is 19.9. The number of nitrogens with one attached hydrogen (secondary N) is 2. The Morgan fingerprint density at radius 2 is 1.00 bits per heavy atom. The van der Waals surface area contributed by atoms with Gasteiger partial charge in [-0.3, -0.25) is 0 Å². The van der Waals surface area contributed by atoms with E-state index < -0.39 is 32.0 Å². The largest absolute Gasteiger partial charge is 0.461 e. The van der Waals surface area contributed by atoms with Crippen molar-refractivity contribution in [1.29, 1.82) is 0 Å². The van der Waals surface area contributed by atoms with Gasteiger partial charge in [-0.15, -0.1) is 0 Å². The number of rotatable bonds is 14. The van der Waals surface area contributed by atoms with E-state index in [-0.39, 0.29) is 37.8 Å². The summed E-state index contributed by atoms with van der Waals surface area (Å²) in [6, 6.07) is 17.2. The maximum Gasteiger partial charge on any atom is 0.331 e. The predicted molar refractivity (Wildman–Crippen MR) is 125 cm³/mol. The number of carbonyl (C=O) groups excluding carboxylic acids is 2. The van der Waals surface area contributed by atoms with Gasteiger partial charge in [0.2, 0.25) is 20.0 Å². The molecule has 0 aliphatic rings. The van der Waals surface area contributed by atoms with Crippen LogP contribution in [0.1, 0.15) is 11.1 Å². The topological polar surface area (TPSA) is 145 Å². The van der Waals surface area contributed by atoms with E-state index in [9.17, 15) is 26.4 Å². The Morgan fingerprint density at radius 1 is 0.647 bits per heavy atom. The summed E-state index contributed by atoms with van der Waals surface area (Å²) in [4.78, 5) is 23.2. The second-order valence-corrected chi connectivity index (χ2v) is 10.6. The van der Waals surface area contributed by atoms with E-state index in [4.69, 9.17) is 9.47 Å². The fourth-order valence-electron chi connectivity index (χ4n) is 2.62. The van der Waals surface area contributed by atoms with Crippen LogP contribution in [0.4, 0.5) is 0 Å². The highest BCUT2D eigenvalue weighted by Crippen LogP contribution is 2.04. The molecule has 0 aliphatic carbocycles. The van der Waals surface area contributed by atoms with Gasteiger partial charge in [-0.05, 0) is 11.1 Å². The Hall–Kier alpha value is -3.06. The molecule has 2 rings (SSSR count).